The zero-order valence-electron chi connectivity index (χ0n) is 7.32. The Morgan fingerprint density at radius 2 is 2.15 bits per heavy atom. The van der Waals surface area contributed by atoms with E-state index in [1.165, 1.54) is 0 Å². The summed E-state index contributed by atoms with van der Waals surface area (Å²) in [5.74, 6) is -0.842. The predicted octanol–water partition coefficient (Wildman–Crippen LogP) is -0.685. The predicted molar refractivity (Wildman–Crippen MR) is 46.0 cm³/mol. The van der Waals surface area contributed by atoms with Gasteiger partial charge in [0.05, 0.1) is 0 Å². The molecule has 1 aliphatic carbocycles. The molecular weight excluding hydrogens is 172 g/mol. The molecule has 0 spiro atoms. The van der Waals surface area contributed by atoms with E-state index in [0.717, 1.165) is 12.8 Å². The molecule has 0 aromatic heterocycles. The Hall–Kier alpha value is -1.10. The number of nitrogens with one attached hydrogen (secondary N) is 1. The molecule has 0 bridgehead atoms. The maximum absolute atomic E-state index is 11.0. The van der Waals surface area contributed by atoms with E-state index in [9.17, 15) is 9.59 Å². The maximum Gasteiger partial charge on any atom is 0.322 e. The summed E-state index contributed by atoms with van der Waals surface area (Å²) in [5.41, 5.74) is 5.68. The van der Waals surface area contributed by atoms with Gasteiger partial charge in [0.25, 0.3) is 0 Å². The number of hydrogen-bond donors (Lipinski definition) is 3. The number of carbonyl (C=O) groups excluding carboxylic acids is 1. The SMILES string of the molecule is NC(CC(=O)NCC(=O)O)C1CC1. The highest BCUT2D eigenvalue weighted by atomic mass is 16.4. The van der Waals surface area contributed by atoms with Crippen LogP contribution in [-0.4, -0.2) is 29.6 Å². The molecule has 74 valence electrons. The van der Waals surface area contributed by atoms with Crippen LogP contribution in [0.5, 0.6) is 0 Å². The Balaban J connectivity index is 2.12. The zero-order valence-corrected chi connectivity index (χ0v) is 7.32. The van der Waals surface area contributed by atoms with Crippen LogP contribution in [0.15, 0.2) is 0 Å². The van der Waals surface area contributed by atoms with Gasteiger partial charge in [-0.3, -0.25) is 9.59 Å². The van der Waals surface area contributed by atoms with Gasteiger partial charge in [-0.15, -0.1) is 0 Å². The fourth-order valence-electron chi connectivity index (χ4n) is 1.15. The molecule has 13 heavy (non-hydrogen) atoms. The van der Waals surface area contributed by atoms with Crippen LogP contribution < -0.4 is 11.1 Å². The third kappa shape index (κ3) is 3.89. The van der Waals surface area contributed by atoms with Gasteiger partial charge in [-0.25, -0.2) is 0 Å². The summed E-state index contributed by atoms with van der Waals surface area (Å²) in [6, 6.07) is -0.103. The lowest BCUT2D eigenvalue weighted by Gasteiger charge is -2.08. The molecule has 1 fully saturated rings. The van der Waals surface area contributed by atoms with Crippen LogP contribution in [0.1, 0.15) is 19.3 Å². The van der Waals surface area contributed by atoms with E-state index in [2.05, 4.69) is 5.32 Å². The van der Waals surface area contributed by atoms with Crippen molar-refractivity contribution in [1.82, 2.24) is 5.32 Å². The number of carboxylic acid groups (broad SMARTS) is 1. The summed E-state index contributed by atoms with van der Waals surface area (Å²) >= 11 is 0. The molecule has 1 unspecified atom stereocenters. The third-order valence-electron chi connectivity index (χ3n) is 2.09. The minimum Gasteiger partial charge on any atom is -0.480 e. The monoisotopic (exact) mass is 186 g/mol. The lowest BCUT2D eigenvalue weighted by Crippen LogP contribution is -2.35. The minimum absolute atomic E-state index is 0.103. The van der Waals surface area contributed by atoms with Crippen LogP contribution in [0.4, 0.5) is 0 Å². The van der Waals surface area contributed by atoms with Crippen LogP contribution >= 0.6 is 0 Å². The molecule has 1 aliphatic rings. The van der Waals surface area contributed by atoms with Gasteiger partial charge in [-0.05, 0) is 18.8 Å². The molecule has 0 radical (unpaired) electrons. The number of aliphatic carboxylic acids is 1. The van der Waals surface area contributed by atoms with Crippen LogP contribution in [0.2, 0.25) is 0 Å². The molecule has 0 heterocycles. The van der Waals surface area contributed by atoms with Crippen molar-refractivity contribution in [3.63, 3.8) is 0 Å². The quantitative estimate of drug-likeness (QED) is 0.530. The Morgan fingerprint density at radius 1 is 1.54 bits per heavy atom. The van der Waals surface area contributed by atoms with Gasteiger partial charge in [-0.2, -0.15) is 0 Å². The van der Waals surface area contributed by atoms with Gasteiger partial charge in [0.15, 0.2) is 0 Å². The van der Waals surface area contributed by atoms with Gasteiger partial charge in [0.1, 0.15) is 6.54 Å². The average Bonchev–Trinajstić information content (AvgIpc) is 2.82. The van der Waals surface area contributed by atoms with Crippen molar-refractivity contribution in [2.75, 3.05) is 6.54 Å². The average molecular weight is 186 g/mol. The van der Waals surface area contributed by atoms with Crippen molar-refractivity contribution in [3.05, 3.63) is 0 Å². The second-order valence-electron chi connectivity index (χ2n) is 3.38. The summed E-state index contributed by atoms with van der Waals surface area (Å²) in [4.78, 5) is 21.1. The van der Waals surface area contributed by atoms with Gasteiger partial charge in [0.2, 0.25) is 5.91 Å². The van der Waals surface area contributed by atoms with Crippen LogP contribution in [0.25, 0.3) is 0 Å². The van der Waals surface area contributed by atoms with E-state index in [1.54, 1.807) is 0 Å². The highest BCUT2D eigenvalue weighted by Crippen LogP contribution is 2.32. The first-order chi connectivity index (χ1) is 6.09. The number of carbonyl (C=O) groups is 2. The highest BCUT2D eigenvalue weighted by Gasteiger charge is 2.29. The van der Waals surface area contributed by atoms with Crippen molar-refractivity contribution in [2.24, 2.45) is 11.7 Å². The lowest BCUT2D eigenvalue weighted by atomic mass is 10.1. The molecule has 0 aromatic carbocycles. The Labute approximate surface area is 76.3 Å². The van der Waals surface area contributed by atoms with Crippen molar-refractivity contribution in [2.45, 2.75) is 25.3 Å². The van der Waals surface area contributed by atoms with Gasteiger partial charge in [-0.1, -0.05) is 0 Å². The minimum atomic E-state index is -1.03. The molecule has 1 rings (SSSR count). The molecule has 0 aliphatic heterocycles. The number of amides is 1. The van der Waals surface area contributed by atoms with E-state index >= 15 is 0 Å². The molecule has 5 nitrogen and oxygen atoms in total. The van der Waals surface area contributed by atoms with Crippen LogP contribution in [-0.2, 0) is 9.59 Å². The van der Waals surface area contributed by atoms with Crippen molar-refractivity contribution >= 4 is 11.9 Å². The number of nitrogens with two attached hydrogens (primary N) is 1. The molecular formula is C8H14N2O3. The molecule has 1 amide bonds. The number of hydrogen-bond acceptors (Lipinski definition) is 3. The largest absolute Gasteiger partial charge is 0.480 e. The van der Waals surface area contributed by atoms with Crippen molar-refractivity contribution in [3.8, 4) is 0 Å². The fraction of sp³-hybridized carbons (Fsp3) is 0.750. The van der Waals surface area contributed by atoms with E-state index < -0.39 is 5.97 Å². The molecule has 5 heteroatoms. The Bertz CT molecular complexity index is 213. The summed E-state index contributed by atoms with van der Waals surface area (Å²) in [5, 5.41) is 10.5. The van der Waals surface area contributed by atoms with E-state index in [1.807, 2.05) is 0 Å². The zero-order chi connectivity index (χ0) is 9.84. The normalized spacial score (nSPS) is 17.9. The van der Waals surface area contributed by atoms with Crippen molar-refractivity contribution in [1.29, 1.82) is 0 Å². The first-order valence-corrected chi connectivity index (χ1v) is 4.33. The summed E-state index contributed by atoms with van der Waals surface area (Å²) in [6.07, 6.45) is 2.42. The molecule has 0 aromatic rings. The van der Waals surface area contributed by atoms with Gasteiger partial charge in [0, 0.05) is 12.5 Å². The second kappa shape index (κ2) is 4.23. The first-order valence-electron chi connectivity index (χ1n) is 4.33. The smallest absolute Gasteiger partial charge is 0.322 e. The highest BCUT2D eigenvalue weighted by molar-refractivity contribution is 5.81. The second-order valence-corrected chi connectivity index (χ2v) is 3.38. The fourth-order valence-corrected chi connectivity index (χ4v) is 1.15. The summed E-state index contributed by atoms with van der Waals surface area (Å²) in [6.45, 7) is -0.323. The maximum atomic E-state index is 11.0. The lowest BCUT2D eigenvalue weighted by molar-refractivity contribution is -0.138. The summed E-state index contributed by atoms with van der Waals surface area (Å²) < 4.78 is 0. The first kappa shape index (κ1) is 9.98. The van der Waals surface area contributed by atoms with E-state index in [4.69, 9.17) is 10.8 Å². The molecule has 4 N–H and O–H groups in total. The summed E-state index contributed by atoms with van der Waals surface area (Å²) in [7, 11) is 0. The molecule has 1 saturated carbocycles. The Kier molecular flexibility index (Phi) is 3.25. The van der Waals surface area contributed by atoms with Crippen molar-refractivity contribution < 1.29 is 14.7 Å². The van der Waals surface area contributed by atoms with Crippen LogP contribution in [0, 0.1) is 5.92 Å². The third-order valence-corrected chi connectivity index (χ3v) is 2.09. The van der Waals surface area contributed by atoms with E-state index in [0.29, 0.717) is 5.92 Å². The number of carboxylic acids is 1. The number of rotatable bonds is 5. The topological polar surface area (TPSA) is 92.4 Å². The molecule has 1 atom stereocenters. The Morgan fingerprint density at radius 3 is 2.62 bits per heavy atom. The van der Waals surface area contributed by atoms with Gasteiger partial charge >= 0.3 is 5.97 Å². The van der Waals surface area contributed by atoms with Crippen LogP contribution in [0.3, 0.4) is 0 Å². The molecule has 0 saturated heterocycles. The van der Waals surface area contributed by atoms with E-state index in [-0.39, 0.29) is 24.9 Å². The standard InChI is InChI=1S/C8H14N2O3/c9-6(5-1-2-5)3-7(11)10-4-8(12)13/h5-6H,1-4,9H2,(H,10,11)(H,12,13). The van der Waals surface area contributed by atoms with Gasteiger partial charge < -0.3 is 16.2 Å².